The predicted molar refractivity (Wildman–Crippen MR) is 95.9 cm³/mol. The number of nitrogens with two attached hydrogens (primary N) is 1. The fraction of sp³-hybridized carbons (Fsp3) is 0.524. The molecule has 0 unspecified atom stereocenters. The van der Waals surface area contributed by atoms with Crippen LogP contribution in [0.3, 0.4) is 0 Å². The van der Waals surface area contributed by atoms with Crippen LogP contribution in [0.2, 0.25) is 0 Å². The third kappa shape index (κ3) is 2.90. The van der Waals surface area contributed by atoms with E-state index in [2.05, 4.69) is 19.1 Å². The molecule has 0 atom stereocenters. The average molecular weight is 327 g/mol. The molecule has 0 heterocycles. The maximum Gasteiger partial charge on any atom is 0.126 e. The summed E-state index contributed by atoms with van der Waals surface area (Å²) in [5.41, 5.74) is 7.98. The maximum absolute atomic E-state index is 13.8. The van der Waals surface area contributed by atoms with E-state index >= 15 is 0 Å². The molecule has 0 saturated heterocycles. The molecular weight excluding hydrogens is 301 g/mol. The zero-order valence-electron chi connectivity index (χ0n) is 14.4. The molecule has 2 fully saturated rings. The van der Waals surface area contributed by atoms with E-state index in [-0.39, 0.29) is 11.6 Å². The third-order valence-corrected chi connectivity index (χ3v) is 5.84. The molecule has 3 heteroatoms. The van der Waals surface area contributed by atoms with E-state index in [4.69, 9.17) is 10.5 Å². The molecule has 0 bridgehead atoms. The number of hydrogen-bond donors (Lipinski definition) is 1. The van der Waals surface area contributed by atoms with Crippen molar-refractivity contribution in [3.63, 3.8) is 0 Å². The van der Waals surface area contributed by atoms with Crippen molar-refractivity contribution in [1.29, 1.82) is 0 Å². The standard InChI is InChI=1S/C21H26FNO/c1-14-2-6-17(7-3-14)24-20-9-4-15-12-16(21(23)10-11-21)5-8-18(15)19(20)13-22/h4-5,8-9,12,14,17H,2-3,6-7,10-11,13,23H2,1H3. The monoisotopic (exact) mass is 327 g/mol. The fourth-order valence-corrected chi connectivity index (χ4v) is 3.88. The van der Waals surface area contributed by atoms with Crippen LogP contribution in [-0.4, -0.2) is 6.10 Å². The van der Waals surface area contributed by atoms with Crippen LogP contribution in [0.15, 0.2) is 30.3 Å². The molecule has 2 aromatic rings. The molecule has 4 rings (SSSR count). The van der Waals surface area contributed by atoms with Gasteiger partial charge >= 0.3 is 0 Å². The Morgan fingerprint density at radius 1 is 1.12 bits per heavy atom. The molecule has 2 aliphatic carbocycles. The summed E-state index contributed by atoms with van der Waals surface area (Å²) >= 11 is 0. The largest absolute Gasteiger partial charge is 0.490 e. The summed E-state index contributed by atoms with van der Waals surface area (Å²) in [5, 5.41) is 2.01. The van der Waals surface area contributed by atoms with Crippen molar-refractivity contribution in [3.05, 3.63) is 41.5 Å². The summed E-state index contributed by atoms with van der Waals surface area (Å²) < 4.78 is 20.0. The summed E-state index contributed by atoms with van der Waals surface area (Å²) in [5.74, 6) is 1.50. The summed E-state index contributed by atoms with van der Waals surface area (Å²) in [7, 11) is 0. The highest BCUT2D eigenvalue weighted by Gasteiger charge is 2.40. The molecule has 2 saturated carbocycles. The lowest BCUT2D eigenvalue weighted by Crippen LogP contribution is -2.23. The van der Waals surface area contributed by atoms with Crippen LogP contribution in [0.5, 0.6) is 5.75 Å². The Morgan fingerprint density at radius 3 is 2.54 bits per heavy atom. The first-order valence-corrected chi connectivity index (χ1v) is 9.17. The second-order valence-electron chi connectivity index (χ2n) is 7.77. The van der Waals surface area contributed by atoms with Crippen LogP contribution in [0, 0.1) is 5.92 Å². The van der Waals surface area contributed by atoms with Crippen molar-refractivity contribution in [3.8, 4) is 5.75 Å². The molecule has 0 aliphatic heterocycles. The van der Waals surface area contributed by atoms with Gasteiger partial charge in [0.05, 0.1) is 6.10 Å². The van der Waals surface area contributed by atoms with Crippen molar-refractivity contribution < 1.29 is 9.13 Å². The van der Waals surface area contributed by atoms with Crippen molar-refractivity contribution in [1.82, 2.24) is 0 Å². The number of halogens is 1. The van der Waals surface area contributed by atoms with E-state index in [0.29, 0.717) is 11.3 Å². The first-order chi connectivity index (χ1) is 11.6. The van der Waals surface area contributed by atoms with Gasteiger partial charge in [0.15, 0.2) is 0 Å². The first kappa shape index (κ1) is 15.9. The molecule has 128 valence electrons. The number of rotatable bonds is 4. The van der Waals surface area contributed by atoms with Gasteiger partial charge in [0.25, 0.3) is 0 Å². The molecule has 0 spiro atoms. The first-order valence-electron chi connectivity index (χ1n) is 9.17. The van der Waals surface area contributed by atoms with Crippen molar-refractivity contribution in [2.45, 2.75) is 63.8 Å². The number of ether oxygens (including phenoxy) is 1. The highest BCUT2D eigenvalue weighted by Crippen LogP contribution is 2.44. The van der Waals surface area contributed by atoms with E-state index in [1.165, 1.54) is 12.8 Å². The van der Waals surface area contributed by atoms with Crippen LogP contribution < -0.4 is 10.5 Å². The number of fused-ring (bicyclic) bond motifs is 1. The minimum atomic E-state index is -0.497. The Hall–Kier alpha value is -1.61. The lowest BCUT2D eigenvalue weighted by Gasteiger charge is -2.27. The van der Waals surface area contributed by atoms with E-state index in [1.54, 1.807) is 0 Å². The summed E-state index contributed by atoms with van der Waals surface area (Å²) in [6.07, 6.45) is 6.84. The summed E-state index contributed by atoms with van der Waals surface area (Å²) in [4.78, 5) is 0. The predicted octanol–water partition coefficient (Wildman–Crippen LogP) is 5.21. The van der Waals surface area contributed by atoms with Gasteiger partial charge in [-0.3, -0.25) is 0 Å². The van der Waals surface area contributed by atoms with E-state index < -0.39 is 6.67 Å². The van der Waals surface area contributed by atoms with Gasteiger partial charge in [-0.15, -0.1) is 0 Å². The van der Waals surface area contributed by atoms with Gasteiger partial charge in [-0.2, -0.15) is 0 Å². The molecule has 2 aromatic carbocycles. The van der Waals surface area contributed by atoms with Crippen LogP contribution >= 0.6 is 0 Å². The fourth-order valence-electron chi connectivity index (χ4n) is 3.88. The van der Waals surface area contributed by atoms with E-state index in [0.717, 1.165) is 47.9 Å². The number of benzene rings is 2. The zero-order chi connectivity index (χ0) is 16.7. The minimum Gasteiger partial charge on any atom is -0.490 e. The van der Waals surface area contributed by atoms with Crippen LogP contribution in [0.4, 0.5) is 4.39 Å². The number of hydrogen-bond acceptors (Lipinski definition) is 2. The van der Waals surface area contributed by atoms with Crippen LogP contribution in [0.25, 0.3) is 10.8 Å². The van der Waals surface area contributed by atoms with Gasteiger partial charge in [-0.1, -0.05) is 25.1 Å². The lowest BCUT2D eigenvalue weighted by atomic mass is 9.89. The van der Waals surface area contributed by atoms with Crippen molar-refractivity contribution >= 4 is 10.8 Å². The van der Waals surface area contributed by atoms with Gasteiger partial charge in [0.1, 0.15) is 12.4 Å². The minimum absolute atomic E-state index is 0.155. The Morgan fingerprint density at radius 2 is 1.88 bits per heavy atom. The molecular formula is C21H26FNO. The molecule has 0 aromatic heterocycles. The molecule has 2 nitrogen and oxygen atoms in total. The van der Waals surface area contributed by atoms with Crippen LogP contribution in [-0.2, 0) is 12.2 Å². The molecule has 0 radical (unpaired) electrons. The molecule has 2 aliphatic rings. The number of alkyl halides is 1. The Kier molecular flexibility index (Phi) is 4.00. The average Bonchev–Trinajstić information content (AvgIpc) is 3.35. The quantitative estimate of drug-likeness (QED) is 0.836. The SMILES string of the molecule is CC1CCC(Oc2ccc3cc(C4(N)CC4)ccc3c2CF)CC1. The third-order valence-electron chi connectivity index (χ3n) is 5.84. The van der Waals surface area contributed by atoms with Crippen molar-refractivity contribution in [2.75, 3.05) is 0 Å². The zero-order valence-corrected chi connectivity index (χ0v) is 14.4. The van der Waals surface area contributed by atoms with Crippen molar-refractivity contribution in [2.24, 2.45) is 11.7 Å². The van der Waals surface area contributed by atoms with Gasteiger partial charge < -0.3 is 10.5 Å². The van der Waals surface area contributed by atoms with Gasteiger partial charge in [0, 0.05) is 11.1 Å². The molecule has 24 heavy (non-hydrogen) atoms. The smallest absolute Gasteiger partial charge is 0.126 e. The van der Waals surface area contributed by atoms with Gasteiger partial charge in [-0.05, 0) is 72.9 Å². The summed E-state index contributed by atoms with van der Waals surface area (Å²) in [6, 6.07) is 10.2. The normalized spacial score (nSPS) is 25.6. The second-order valence-corrected chi connectivity index (χ2v) is 7.77. The van der Waals surface area contributed by atoms with E-state index in [1.807, 2.05) is 18.2 Å². The molecule has 2 N–H and O–H groups in total. The Bertz CT molecular complexity index is 745. The highest BCUT2D eigenvalue weighted by molar-refractivity contribution is 5.88. The summed E-state index contributed by atoms with van der Waals surface area (Å²) in [6.45, 7) is 1.80. The Balaban J connectivity index is 1.64. The maximum atomic E-state index is 13.8. The van der Waals surface area contributed by atoms with Gasteiger partial charge in [-0.25, -0.2) is 4.39 Å². The van der Waals surface area contributed by atoms with E-state index in [9.17, 15) is 4.39 Å². The molecule has 0 amide bonds. The Labute approximate surface area is 143 Å². The van der Waals surface area contributed by atoms with Gasteiger partial charge in [0.2, 0.25) is 0 Å². The topological polar surface area (TPSA) is 35.2 Å². The second kappa shape index (κ2) is 6.03. The highest BCUT2D eigenvalue weighted by atomic mass is 19.1. The lowest BCUT2D eigenvalue weighted by molar-refractivity contribution is 0.133. The van der Waals surface area contributed by atoms with Crippen LogP contribution in [0.1, 0.15) is 56.6 Å².